The third kappa shape index (κ3) is 4.64. The molecule has 1 fully saturated rings. The van der Waals surface area contributed by atoms with Crippen LogP contribution in [0.1, 0.15) is 47.0 Å². The lowest BCUT2D eigenvalue weighted by Gasteiger charge is -2.50. The molecular formula is C27H36O6. The van der Waals surface area contributed by atoms with Crippen molar-refractivity contribution in [1.29, 1.82) is 0 Å². The first kappa shape index (κ1) is 25.2. The van der Waals surface area contributed by atoms with Gasteiger partial charge in [0, 0.05) is 17.6 Å². The quantitative estimate of drug-likeness (QED) is 0.185. The molecule has 33 heavy (non-hydrogen) atoms. The number of carbonyl (C=O) groups excluding carboxylic acids is 1. The Labute approximate surface area is 196 Å². The van der Waals surface area contributed by atoms with Crippen LogP contribution in [0, 0.1) is 23.7 Å². The Bertz CT molecular complexity index is 925. The van der Waals surface area contributed by atoms with Crippen LogP contribution in [0.25, 0.3) is 0 Å². The molecule has 7 atom stereocenters. The van der Waals surface area contributed by atoms with Crippen molar-refractivity contribution >= 4 is 11.9 Å². The highest BCUT2D eigenvalue weighted by Gasteiger charge is 2.70. The Morgan fingerprint density at radius 1 is 1.30 bits per heavy atom. The van der Waals surface area contributed by atoms with Gasteiger partial charge in [0.15, 0.2) is 0 Å². The third-order valence-corrected chi connectivity index (χ3v) is 7.76. The number of carboxylic acid groups (broad SMARTS) is 1. The lowest BCUT2D eigenvalue weighted by molar-refractivity contribution is -0.136. The molecule has 0 bridgehead atoms. The highest BCUT2D eigenvalue weighted by atomic mass is 16.6. The summed E-state index contributed by atoms with van der Waals surface area (Å²) >= 11 is 0. The van der Waals surface area contributed by atoms with Gasteiger partial charge < -0.3 is 19.7 Å². The molecule has 0 radical (unpaired) electrons. The number of aliphatic hydroxyl groups is 1. The summed E-state index contributed by atoms with van der Waals surface area (Å²) in [6.45, 7) is 8.24. The SMILES string of the molecule is CC[C@@H](C)[C@H]1O[C@]1(C)[C@]1(O)C(C)=C[C@@H]2CC(C(=O)OC)=CC[C@H]2[C@@H]1/C=C/C=C/C=C/C(=O)O. The zero-order chi connectivity index (χ0) is 24.4. The molecule has 6 heteroatoms. The van der Waals surface area contributed by atoms with Crippen molar-refractivity contribution in [3.8, 4) is 0 Å². The maximum Gasteiger partial charge on any atom is 0.333 e. The van der Waals surface area contributed by atoms with Crippen LogP contribution in [0.15, 0.2) is 59.8 Å². The van der Waals surface area contributed by atoms with Gasteiger partial charge in [-0.05, 0) is 50.0 Å². The van der Waals surface area contributed by atoms with Gasteiger partial charge >= 0.3 is 11.9 Å². The molecule has 180 valence electrons. The van der Waals surface area contributed by atoms with E-state index in [1.54, 1.807) is 12.2 Å². The van der Waals surface area contributed by atoms with Crippen molar-refractivity contribution in [2.75, 3.05) is 7.11 Å². The van der Waals surface area contributed by atoms with Crippen LogP contribution in [0.4, 0.5) is 0 Å². The van der Waals surface area contributed by atoms with Crippen molar-refractivity contribution in [3.63, 3.8) is 0 Å². The fourth-order valence-electron chi connectivity index (χ4n) is 5.72. The van der Waals surface area contributed by atoms with Gasteiger partial charge in [0.05, 0.1) is 13.2 Å². The van der Waals surface area contributed by atoms with E-state index in [0.717, 1.165) is 18.1 Å². The van der Waals surface area contributed by atoms with Crippen molar-refractivity contribution in [2.45, 2.75) is 64.3 Å². The molecule has 0 aromatic rings. The molecule has 0 spiro atoms. The zero-order valence-corrected chi connectivity index (χ0v) is 20.2. The minimum absolute atomic E-state index is 0.0258. The Balaban J connectivity index is 1.97. The van der Waals surface area contributed by atoms with Crippen LogP contribution in [-0.2, 0) is 19.1 Å². The van der Waals surface area contributed by atoms with Gasteiger partial charge in [-0.2, -0.15) is 0 Å². The Morgan fingerprint density at radius 2 is 2.00 bits per heavy atom. The molecule has 0 unspecified atom stereocenters. The van der Waals surface area contributed by atoms with Crippen LogP contribution in [0.5, 0.6) is 0 Å². The Kier molecular flexibility index (Phi) is 7.49. The van der Waals surface area contributed by atoms with E-state index in [1.807, 2.05) is 32.1 Å². The number of epoxide rings is 1. The number of methoxy groups -OCH3 is 1. The van der Waals surface area contributed by atoms with Crippen molar-refractivity contribution in [1.82, 2.24) is 0 Å². The summed E-state index contributed by atoms with van der Waals surface area (Å²) < 4.78 is 11.2. The molecule has 0 aromatic carbocycles. The van der Waals surface area contributed by atoms with Gasteiger partial charge in [0.25, 0.3) is 0 Å². The van der Waals surface area contributed by atoms with Gasteiger partial charge in [-0.3, -0.25) is 0 Å². The van der Waals surface area contributed by atoms with E-state index in [1.165, 1.54) is 13.2 Å². The smallest absolute Gasteiger partial charge is 0.333 e. The second-order valence-corrected chi connectivity index (χ2v) is 9.63. The van der Waals surface area contributed by atoms with Gasteiger partial charge in [0.1, 0.15) is 11.2 Å². The maximum absolute atomic E-state index is 12.3. The topological polar surface area (TPSA) is 96.4 Å². The molecule has 1 aliphatic heterocycles. The fraction of sp³-hybridized carbons (Fsp3) is 0.556. The highest BCUT2D eigenvalue weighted by Crippen LogP contribution is 2.60. The van der Waals surface area contributed by atoms with E-state index in [4.69, 9.17) is 14.6 Å². The Morgan fingerprint density at radius 3 is 2.64 bits per heavy atom. The van der Waals surface area contributed by atoms with Crippen LogP contribution in [0.3, 0.4) is 0 Å². The fourth-order valence-corrected chi connectivity index (χ4v) is 5.72. The van der Waals surface area contributed by atoms with Gasteiger partial charge in [-0.15, -0.1) is 0 Å². The molecule has 2 N–H and O–H groups in total. The average Bonchev–Trinajstić information content (AvgIpc) is 3.49. The van der Waals surface area contributed by atoms with Crippen LogP contribution >= 0.6 is 0 Å². The van der Waals surface area contributed by atoms with Crippen LogP contribution < -0.4 is 0 Å². The number of allylic oxidation sites excluding steroid dienone is 6. The van der Waals surface area contributed by atoms with Crippen LogP contribution in [-0.4, -0.2) is 46.6 Å². The summed E-state index contributed by atoms with van der Waals surface area (Å²) in [4.78, 5) is 22.8. The van der Waals surface area contributed by atoms with Crippen LogP contribution in [0.2, 0.25) is 0 Å². The second kappa shape index (κ2) is 9.82. The number of hydrogen-bond donors (Lipinski definition) is 2. The van der Waals surface area contributed by atoms with Gasteiger partial charge in [0.2, 0.25) is 0 Å². The lowest BCUT2D eigenvalue weighted by Crippen LogP contribution is -2.57. The number of aliphatic carboxylic acids is 1. The first-order valence-corrected chi connectivity index (χ1v) is 11.7. The number of esters is 1. The molecule has 6 nitrogen and oxygen atoms in total. The molecule has 1 saturated heterocycles. The zero-order valence-electron chi connectivity index (χ0n) is 20.2. The highest BCUT2D eigenvalue weighted by molar-refractivity contribution is 5.88. The molecule has 0 saturated carbocycles. The van der Waals surface area contributed by atoms with Crippen molar-refractivity contribution < 1.29 is 29.3 Å². The summed E-state index contributed by atoms with van der Waals surface area (Å²) in [5.74, 6) is -0.985. The summed E-state index contributed by atoms with van der Waals surface area (Å²) in [6, 6.07) is 0. The maximum atomic E-state index is 12.3. The molecule has 3 aliphatic rings. The normalized spacial score (nSPS) is 37.0. The van der Waals surface area contributed by atoms with E-state index in [0.29, 0.717) is 24.3 Å². The molecule has 0 aromatic heterocycles. The van der Waals surface area contributed by atoms with Gasteiger partial charge in [-0.25, -0.2) is 9.59 Å². The minimum Gasteiger partial charge on any atom is -0.478 e. The summed E-state index contributed by atoms with van der Waals surface area (Å²) in [5.41, 5.74) is -0.323. The van der Waals surface area contributed by atoms with Gasteiger partial charge in [-0.1, -0.05) is 62.8 Å². The van der Waals surface area contributed by atoms with E-state index in [-0.39, 0.29) is 29.8 Å². The van der Waals surface area contributed by atoms with E-state index < -0.39 is 17.2 Å². The molecule has 2 aliphatic carbocycles. The minimum atomic E-state index is -1.18. The number of fused-ring (bicyclic) bond motifs is 1. The number of hydrogen-bond acceptors (Lipinski definition) is 5. The van der Waals surface area contributed by atoms with E-state index in [9.17, 15) is 14.7 Å². The molecule has 3 rings (SSSR count). The Hall–Kier alpha value is -2.44. The number of rotatable bonds is 8. The predicted octanol–water partition coefficient (Wildman–Crippen LogP) is 4.38. The number of carbonyl (C=O) groups is 2. The molecular weight excluding hydrogens is 420 g/mol. The number of carboxylic acids is 1. The number of ether oxygens (including phenoxy) is 2. The lowest BCUT2D eigenvalue weighted by atomic mass is 9.56. The summed E-state index contributed by atoms with van der Waals surface area (Å²) in [6.07, 6.45) is 16.1. The van der Waals surface area contributed by atoms with Crippen molar-refractivity contribution in [3.05, 3.63) is 59.8 Å². The summed E-state index contributed by atoms with van der Waals surface area (Å²) in [5, 5.41) is 21.0. The first-order valence-electron chi connectivity index (χ1n) is 11.7. The first-order chi connectivity index (χ1) is 15.6. The third-order valence-electron chi connectivity index (χ3n) is 7.76. The molecule has 0 amide bonds. The largest absolute Gasteiger partial charge is 0.478 e. The summed E-state index contributed by atoms with van der Waals surface area (Å²) in [7, 11) is 1.40. The second-order valence-electron chi connectivity index (χ2n) is 9.63. The van der Waals surface area contributed by atoms with E-state index >= 15 is 0 Å². The predicted molar refractivity (Wildman–Crippen MR) is 126 cm³/mol. The average molecular weight is 457 g/mol. The monoisotopic (exact) mass is 456 g/mol. The standard InChI is InChI=1S/C27H36O6/c1-6-17(2)24-26(4,33-24)27(31)18(3)15-20-16-19(25(30)32-5)13-14-21(20)22(27)11-9-7-8-10-12-23(28)29/h7-13,15,17,20-22,24,31H,6,14,16H2,1-5H3,(H,28,29)/b8-7+,11-9+,12-10+/t17-,20-,21-,22+,24-,26+,27+/m1/s1. The molecule has 1 heterocycles. The van der Waals surface area contributed by atoms with Crippen molar-refractivity contribution in [2.24, 2.45) is 23.7 Å². The van der Waals surface area contributed by atoms with E-state index in [2.05, 4.69) is 19.9 Å².